The van der Waals surface area contributed by atoms with Crippen molar-refractivity contribution in [1.29, 1.82) is 0 Å². The molecule has 396 valence electrons. The van der Waals surface area contributed by atoms with Gasteiger partial charge in [-0.3, -0.25) is 0 Å². The molecule has 0 aliphatic heterocycles. The lowest BCUT2D eigenvalue weighted by Gasteiger charge is -2.47. The Morgan fingerprint density at radius 3 is 0.682 bits per heavy atom. The van der Waals surface area contributed by atoms with Crippen LogP contribution in [0.25, 0.3) is 0 Å². The molecule has 0 heterocycles. The lowest BCUT2D eigenvalue weighted by Crippen LogP contribution is -2.80. The SMILES string of the molecule is C[N+](C)(CCCCC(F)(F)C(F)(F)C(F)(F)C(F)(F)C(F)(F)C(F)(F)C(F)(F)C(F)(F)C(F)(F)C(F)(F)C(F)(F)C(F)(F)C(F)(F)C(F)(F)C(F)(F)C(F)(F)C(F)(F)C(F)(F)F)CC(=O)[O-]. The number of alkyl halides is 37. The summed E-state index contributed by atoms with van der Waals surface area (Å²) in [6.07, 6.45) is -14.5. The quantitative estimate of drug-likeness (QED) is 0.0581. The Morgan fingerprint density at radius 1 is 0.318 bits per heavy atom. The Hall–Kier alpha value is -3.16. The largest absolute Gasteiger partial charge is 0.544 e. The molecule has 0 aliphatic carbocycles. The predicted octanol–water partition coefficient (Wildman–Crippen LogP) is 11.3. The van der Waals surface area contributed by atoms with Gasteiger partial charge in [-0.15, -0.1) is 0 Å². The highest BCUT2D eigenvalue weighted by atomic mass is 19.4. The highest BCUT2D eigenvalue weighted by Crippen LogP contribution is 2.70. The number of carbonyl (C=O) groups is 1. The summed E-state index contributed by atoms with van der Waals surface area (Å²) in [5.74, 6) is -168. The normalized spacial score (nSPS) is 16.8. The number of aliphatic carboxylic acids is 1. The Bertz CT molecular complexity index is 1740. The van der Waals surface area contributed by atoms with Crippen LogP contribution in [-0.4, -0.2) is 144 Å². The summed E-state index contributed by atoms with van der Waals surface area (Å²) in [6, 6.07) is 0. The average Bonchev–Trinajstić information content (AvgIpc) is 3.07. The number of rotatable bonds is 23. The zero-order valence-corrected chi connectivity index (χ0v) is 30.3. The second kappa shape index (κ2) is 16.2. The minimum Gasteiger partial charge on any atom is -0.544 e. The number of hydrogen-bond donors (Lipinski definition) is 0. The van der Waals surface area contributed by atoms with Crippen molar-refractivity contribution < 1.29 is 177 Å². The number of nitrogens with zero attached hydrogens (tertiary/aromatic N) is 1. The van der Waals surface area contributed by atoms with Gasteiger partial charge in [0.25, 0.3) is 0 Å². The molecule has 0 aromatic heterocycles. The van der Waals surface area contributed by atoms with Gasteiger partial charge < -0.3 is 14.4 Å². The number of hydrogen-bond acceptors (Lipinski definition) is 2. The minimum atomic E-state index is -10.4. The van der Waals surface area contributed by atoms with Crippen LogP contribution >= 0.6 is 0 Å². The Balaban J connectivity index is 7.59. The van der Waals surface area contributed by atoms with Gasteiger partial charge in [0.1, 0.15) is 6.54 Å². The fraction of sp³-hybridized carbons (Fsp3) is 0.962. The smallest absolute Gasteiger partial charge is 0.460 e. The first kappa shape index (κ1) is 62.8. The van der Waals surface area contributed by atoms with Crippen LogP contribution in [0.4, 0.5) is 162 Å². The maximum absolute atomic E-state index is 14.2. The van der Waals surface area contributed by atoms with E-state index in [9.17, 15) is 172 Å². The summed E-state index contributed by atoms with van der Waals surface area (Å²) < 4.78 is 508. The molecule has 0 spiro atoms. The maximum Gasteiger partial charge on any atom is 0.460 e. The topological polar surface area (TPSA) is 40.1 Å². The third-order valence-electron chi connectivity index (χ3n) is 8.79. The first-order chi connectivity index (χ1) is 27.9. The van der Waals surface area contributed by atoms with Crippen LogP contribution in [0.1, 0.15) is 19.3 Å². The van der Waals surface area contributed by atoms with Crippen molar-refractivity contribution in [2.45, 2.75) is 126 Å². The van der Waals surface area contributed by atoms with Gasteiger partial charge in [-0.25, -0.2) is 0 Å². The molecule has 0 amide bonds. The Morgan fingerprint density at radius 2 is 0.500 bits per heavy atom. The number of unbranched alkanes of at least 4 members (excludes halogenated alkanes) is 1. The average molecular weight is 1080 g/mol. The molecule has 0 fully saturated rings. The van der Waals surface area contributed by atoms with Crippen molar-refractivity contribution in [3.63, 3.8) is 0 Å². The van der Waals surface area contributed by atoms with Crippen LogP contribution in [0.2, 0.25) is 0 Å². The molecule has 0 bridgehead atoms. The lowest BCUT2D eigenvalue weighted by molar-refractivity contribution is -0.885. The van der Waals surface area contributed by atoms with E-state index in [1.807, 2.05) is 0 Å². The number of likely N-dealkylation sites (N-methyl/N-ethyl adjacent to an activating group) is 1. The predicted molar refractivity (Wildman–Crippen MR) is 131 cm³/mol. The van der Waals surface area contributed by atoms with Crippen molar-refractivity contribution in [3.05, 3.63) is 0 Å². The van der Waals surface area contributed by atoms with Gasteiger partial charge in [-0.2, -0.15) is 162 Å². The summed E-state index contributed by atoms with van der Waals surface area (Å²) >= 11 is 0. The van der Waals surface area contributed by atoms with Crippen molar-refractivity contribution >= 4 is 5.97 Å². The van der Waals surface area contributed by atoms with Gasteiger partial charge in [0.2, 0.25) is 0 Å². The van der Waals surface area contributed by atoms with Crippen molar-refractivity contribution in [1.82, 2.24) is 0 Å². The molecule has 0 unspecified atom stereocenters. The molecule has 0 atom stereocenters. The molecule has 66 heavy (non-hydrogen) atoms. The van der Waals surface area contributed by atoms with E-state index >= 15 is 0 Å². The number of carboxylic acids is 1. The second-order valence-corrected chi connectivity index (χ2v) is 14.0. The summed E-state index contributed by atoms with van der Waals surface area (Å²) in [6.45, 7) is -1.91. The van der Waals surface area contributed by atoms with Crippen molar-refractivity contribution in [3.8, 4) is 0 Å². The number of halogens is 37. The molecule has 0 aromatic carbocycles. The lowest BCUT2D eigenvalue weighted by atomic mass is 9.82. The molecular weight excluding hydrogens is 1060 g/mol. The first-order valence-corrected chi connectivity index (χ1v) is 15.4. The van der Waals surface area contributed by atoms with Gasteiger partial charge in [-0.1, -0.05) is 0 Å². The molecular formula is C26H16F37NO2. The fourth-order valence-corrected chi connectivity index (χ4v) is 4.64. The van der Waals surface area contributed by atoms with E-state index in [1.54, 1.807) is 0 Å². The number of carboxylic acid groups (broad SMARTS) is 1. The standard InChI is InChI=1S/C26H16F37NO2/c1-64(2,7-8(65)66)6-4-3-5-9(27,28)10(29,30)11(31,32)12(33,34)13(35,36)14(37,38)15(39,40)16(41,42)17(43,44)18(45,46)19(47,48)20(49,50)21(51,52)22(53,54)23(55,56)24(57,58)25(59,60)26(61,62)63/h3-7H2,1-2H3. The van der Waals surface area contributed by atoms with E-state index in [-0.39, 0.29) is 0 Å². The minimum absolute atomic E-state index is 0.834. The van der Waals surface area contributed by atoms with E-state index in [0.717, 1.165) is 14.1 Å². The third kappa shape index (κ3) is 8.12. The molecule has 40 heteroatoms. The van der Waals surface area contributed by atoms with Crippen LogP contribution in [0, 0.1) is 0 Å². The van der Waals surface area contributed by atoms with Gasteiger partial charge in [0.05, 0.1) is 26.6 Å². The van der Waals surface area contributed by atoms with Crippen LogP contribution in [0.3, 0.4) is 0 Å². The van der Waals surface area contributed by atoms with Crippen LogP contribution < -0.4 is 5.11 Å². The van der Waals surface area contributed by atoms with E-state index in [2.05, 4.69) is 0 Å². The molecule has 0 saturated carbocycles. The van der Waals surface area contributed by atoms with Crippen LogP contribution in [0.5, 0.6) is 0 Å². The molecule has 0 N–H and O–H groups in total. The van der Waals surface area contributed by atoms with Crippen molar-refractivity contribution in [2.75, 3.05) is 27.2 Å². The molecule has 0 saturated heterocycles. The van der Waals surface area contributed by atoms with Gasteiger partial charge in [0.15, 0.2) is 0 Å². The van der Waals surface area contributed by atoms with Gasteiger partial charge >= 0.3 is 107 Å². The summed E-state index contributed by atoms with van der Waals surface area (Å²) in [4.78, 5) is 10.6. The number of quaternary nitrogens is 1. The van der Waals surface area contributed by atoms with Gasteiger partial charge in [-0.05, 0) is 12.8 Å². The second-order valence-electron chi connectivity index (χ2n) is 14.0. The van der Waals surface area contributed by atoms with Gasteiger partial charge in [0, 0.05) is 6.42 Å². The van der Waals surface area contributed by atoms with E-state index in [0.29, 0.717) is 0 Å². The Labute approximate surface area is 337 Å². The molecule has 0 radical (unpaired) electrons. The number of carbonyl (C=O) groups excluding carboxylic acids is 1. The molecule has 0 aliphatic rings. The first-order valence-electron chi connectivity index (χ1n) is 15.4. The fourth-order valence-electron chi connectivity index (χ4n) is 4.64. The monoisotopic (exact) mass is 1080 g/mol. The summed E-state index contributed by atoms with van der Waals surface area (Å²) in [5.41, 5.74) is 0. The summed E-state index contributed by atoms with van der Waals surface area (Å²) in [5, 5.41) is 10.6. The highest BCUT2D eigenvalue weighted by molar-refractivity contribution is 5.65. The molecule has 3 nitrogen and oxygen atoms in total. The van der Waals surface area contributed by atoms with E-state index < -0.39 is 150 Å². The van der Waals surface area contributed by atoms with Crippen LogP contribution in [-0.2, 0) is 4.79 Å². The summed E-state index contributed by atoms with van der Waals surface area (Å²) in [7, 11) is 1.74. The Kier molecular flexibility index (Phi) is 15.4. The highest BCUT2D eigenvalue weighted by Gasteiger charge is 3.02. The third-order valence-corrected chi connectivity index (χ3v) is 8.79. The zero-order valence-electron chi connectivity index (χ0n) is 30.3. The van der Waals surface area contributed by atoms with E-state index in [1.165, 1.54) is 0 Å². The van der Waals surface area contributed by atoms with Crippen LogP contribution in [0.15, 0.2) is 0 Å². The molecule has 0 aromatic rings. The van der Waals surface area contributed by atoms with E-state index in [4.69, 9.17) is 0 Å². The maximum atomic E-state index is 14.2. The van der Waals surface area contributed by atoms with Crippen molar-refractivity contribution in [2.24, 2.45) is 0 Å². The zero-order chi connectivity index (χ0) is 54.6. The molecule has 0 rings (SSSR count).